The van der Waals surface area contributed by atoms with E-state index in [0.29, 0.717) is 11.7 Å². The second kappa shape index (κ2) is 9.21. The van der Waals surface area contributed by atoms with E-state index in [0.717, 1.165) is 27.1 Å². The van der Waals surface area contributed by atoms with Crippen molar-refractivity contribution in [3.63, 3.8) is 0 Å². The Kier molecular flexibility index (Phi) is 6.70. The van der Waals surface area contributed by atoms with Crippen LogP contribution in [-0.4, -0.2) is 26.4 Å². The summed E-state index contributed by atoms with van der Waals surface area (Å²) in [5.41, 5.74) is 4.01. The Hall–Kier alpha value is -2.38. The van der Waals surface area contributed by atoms with Gasteiger partial charge in [-0.3, -0.25) is 9.36 Å². The van der Waals surface area contributed by atoms with Crippen LogP contribution in [0, 0.1) is 13.8 Å². The summed E-state index contributed by atoms with van der Waals surface area (Å²) in [6, 6.07) is 13.9. The fourth-order valence-corrected chi connectivity index (χ4v) is 3.78. The van der Waals surface area contributed by atoms with Gasteiger partial charge in [-0.05, 0) is 37.6 Å². The summed E-state index contributed by atoms with van der Waals surface area (Å²) in [6.45, 7) is 8.41. The Balaban J connectivity index is 1.72. The lowest BCUT2D eigenvalue weighted by Gasteiger charge is -2.10. The number of nitrogens with one attached hydrogen (secondary N) is 1. The molecular weight excluding hydrogens is 436 g/mol. The third kappa shape index (κ3) is 4.91. The van der Waals surface area contributed by atoms with Gasteiger partial charge in [0.15, 0.2) is 11.0 Å². The summed E-state index contributed by atoms with van der Waals surface area (Å²) in [5, 5.41) is 12.2. The molecule has 0 spiro atoms. The molecule has 5 nitrogen and oxygen atoms in total. The third-order valence-corrected chi connectivity index (χ3v) is 5.61. The average molecular weight is 457 g/mol. The Morgan fingerprint density at radius 3 is 2.64 bits per heavy atom. The minimum atomic E-state index is -0.0738. The molecule has 3 rings (SSSR count). The fraction of sp³-hybridized carbons (Fsp3) is 0.190. The van der Waals surface area contributed by atoms with Gasteiger partial charge in [0.25, 0.3) is 0 Å². The first-order valence-electron chi connectivity index (χ1n) is 8.78. The molecule has 0 aliphatic carbocycles. The van der Waals surface area contributed by atoms with Crippen molar-refractivity contribution >= 4 is 39.3 Å². The van der Waals surface area contributed by atoms with E-state index in [-0.39, 0.29) is 11.7 Å². The molecule has 1 amide bonds. The lowest BCUT2D eigenvalue weighted by atomic mass is 10.1. The number of hydrogen-bond donors (Lipinski definition) is 1. The predicted molar refractivity (Wildman–Crippen MR) is 119 cm³/mol. The number of anilines is 1. The molecule has 0 fully saturated rings. The maximum atomic E-state index is 12.4. The lowest BCUT2D eigenvalue weighted by molar-refractivity contribution is -0.113. The van der Waals surface area contributed by atoms with Gasteiger partial charge in [0.05, 0.1) is 5.75 Å². The molecule has 144 valence electrons. The fourth-order valence-electron chi connectivity index (χ4n) is 2.77. The van der Waals surface area contributed by atoms with Crippen molar-refractivity contribution in [3.8, 4) is 11.4 Å². The molecule has 0 atom stereocenters. The van der Waals surface area contributed by atoms with Gasteiger partial charge in [0.1, 0.15) is 0 Å². The lowest BCUT2D eigenvalue weighted by Crippen LogP contribution is -2.15. The highest BCUT2D eigenvalue weighted by atomic mass is 79.9. The zero-order valence-corrected chi connectivity index (χ0v) is 18.2. The van der Waals surface area contributed by atoms with Gasteiger partial charge >= 0.3 is 0 Å². The zero-order chi connectivity index (χ0) is 20.1. The maximum absolute atomic E-state index is 12.4. The maximum Gasteiger partial charge on any atom is 0.234 e. The summed E-state index contributed by atoms with van der Waals surface area (Å²) in [4.78, 5) is 12.4. The van der Waals surface area contributed by atoms with Gasteiger partial charge in [0.2, 0.25) is 5.91 Å². The number of rotatable bonds is 7. The normalized spacial score (nSPS) is 10.7. The number of thioether (sulfide) groups is 1. The molecule has 1 aromatic heterocycles. The van der Waals surface area contributed by atoms with E-state index in [4.69, 9.17) is 0 Å². The standard InChI is InChI=1S/C21H21BrN4OS/c1-4-11-26-20(16-6-8-17(22)9-7-16)24-25-21(26)28-13-19(27)23-18-10-5-14(2)12-15(18)3/h4-10,12H,1,11,13H2,2-3H3,(H,23,27). The molecule has 3 aromatic rings. The summed E-state index contributed by atoms with van der Waals surface area (Å²) in [5.74, 6) is 0.933. The van der Waals surface area contributed by atoms with Crippen LogP contribution in [0.3, 0.4) is 0 Å². The van der Waals surface area contributed by atoms with Crippen molar-refractivity contribution in [2.24, 2.45) is 0 Å². The van der Waals surface area contributed by atoms with Crippen LogP contribution >= 0.6 is 27.7 Å². The number of hydrogen-bond acceptors (Lipinski definition) is 4. The summed E-state index contributed by atoms with van der Waals surface area (Å²) in [6.07, 6.45) is 1.80. The molecule has 0 saturated heterocycles. The molecule has 0 radical (unpaired) electrons. The average Bonchev–Trinajstić information content (AvgIpc) is 3.06. The molecule has 2 aromatic carbocycles. The molecular formula is C21H21BrN4OS. The number of allylic oxidation sites excluding steroid dienone is 1. The van der Waals surface area contributed by atoms with E-state index in [2.05, 4.69) is 38.0 Å². The number of nitrogens with zero attached hydrogens (tertiary/aromatic N) is 3. The van der Waals surface area contributed by atoms with Crippen molar-refractivity contribution < 1.29 is 4.79 Å². The first-order valence-corrected chi connectivity index (χ1v) is 10.6. The van der Waals surface area contributed by atoms with Gasteiger partial charge in [-0.1, -0.05) is 63.6 Å². The van der Waals surface area contributed by atoms with Crippen molar-refractivity contribution in [1.29, 1.82) is 0 Å². The summed E-state index contributed by atoms with van der Waals surface area (Å²) >= 11 is 4.80. The summed E-state index contributed by atoms with van der Waals surface area (Å²) < 4.78 is 2.97. The van der Waals surface area contributed by atoms with Gasteiger partial charge in [0, 0.05) is 22.3 Å². The first-order chi connectivity index (χ1) is 13.5. The number of amides is 1. The van der Waals surface area contributed by atoms with Crippen LogP contribution in [0.1, 0.15) is 11.1 Å². The highest BCUT2D eigenvalue weighted by Gasteiger charge is 2.15. The Labute approximate surface area is 177 Å². The molecule has 0 unspecified atom stereocenters. The predicted octanol–water partition coefficient (Wildman–Crippen LogP) is 5.24. The number of halogens is 1. The van der Waals surface area contributed by atoms with E-state index in [1.54, 1.807) is 6.08 Å². The smallest absolute Gasteiger partial charge is 0.234 e. The van der Waals surface area contributed by atoms with E-state index in [1.165, 1.54) is 17.3 Å². The third-order valence-electron chi connectivity index (χ3n) is 4.12. The van der Waals surface area contributed by atoms with Crippen LogP contribution in [-0.2, 0) is 11.3 Å². The van der Waals surface area contributed by atoms with Crippen molar-refractivity contribution in [2.45, 2.75) is 25.5 Å². The van der Waals surface area contributed by atoms with Crippen LogP contribution in [0.2, 0.25) is 0 Å². The first kappa shape index (κ1) is 20.4. The van der Waals surface area contributed by atoms with E-state index >= 15 is 0 Å². The van der Waals surface area contributed by atoms with Crippen molar-refractivity contribution in [2.75, 3.05) is 11.1 Å². The molecule has 0 aliphatic rings. The minimum Gasteiger partial charge on any atom is -0.325 e. The van der Waals surface area contributed by atoms with E-state index in [9.17, 15) is 4.79 Å². The number of aromatic nitrogens is 3. The number of benzene rings is 2. The van der Waals surface area contributed by atoms with Crippen LogP contribution in [0.5, 0.6) is 0 Å². The molecule has 0 aliphatic heterocycles. The second-order valence-corrected chi connectivity index (χ2v) is 8.23. The van der Waals surface area contributed by atoms with Crippen LogP contribution < -0.4 is 5.32 Å². The van der Waals surface area contributed by atoms with Gasteiger partial charge in [-0.25, -0.2) is 0 Å². The van der Waals surface area contributed by atoms with Crippen LogP contribution in [0.4, 0.5) is 5.69 Å². The van der Waals surface area contributed by atoms with Crippen molar-refractivity contribution in [1.82, 2.24) is 14.8 Å². The highest BCUT2D eigenvalue weighted by Crippen LogP contribution is 2.25. The van der Waals surface area contributed by atoms with Crippen LogP contribution in [0.25, 0.3) is 11.4 Å². The monoisotopic (exact) mass is 456 g/mol. The van der Waals surface area contributed by atoms with Crippen molar-refractivity contribution in [3.05, 3.63) is 70.7 Å². The van der Waals surface area contributed by atoms with E-state index < -0.39 is 0 Å². The van der Waals surface area contributed by atoms with Gasteiger partial charge < -0.3 is 5.32 Å². The SMILES string of the molecule is C=CCn1c(SCC(=O)Nc2ccc(C)cc2C)nnc1-c1ccc(Br)cc1. The second-order valence-electron chi connectivity index (χ2n) is 6.37. The molecule has 28 heavy (non-hydrogen) atoms. The van der Waals surface area contributed by atoms with E-state index in [1.807, 2.05) is 60.9 Å². The Morgan fingerprint density at radius 1 is 1.21 bits per heavy atom. The van der Waals surface area contributed by atoms with Gasteiger partial charge in [-0.2, -0.15) is 0 Å². The molecule has 1 heterocycles. The van der Waals surface area contributed by atoms with Crippen LogP contribution in [0.15, 0.2) is 64.7 Å². The number of carbonyl (C=O) groups excluding carboxylic acids is 1. The van der Waals surface area contributed by atoms with Gasteiger partial charge in [-0.15, -0.1) is 16.8 Å². The number of carbonyl (C=O) groups is 1. The minimum absolute atomic E-state index is 0.0738. The topological polar surface area (TPSA) is 59.8 Å². The largest absolute Gasteiger partial charge is 0.325 e. The highest BCUT2D eigenvalue weighted by molar-refractivity contribution is 9.10. The quantitative estimate of drug-likeness (QED) is 0.389. The molecule has 7 heteroatoms. The zero-order valence-electron chi connectivity index (χ0n) is 15.8. The molecule has 0 saturated carbocycles. The summed E-state index contributed by atoms with van der Waals surface area (Å²) in [7, 11) is 0. The number of aryl methyl sites for hydroxylation is 2. The molecule has 0 bridgehead atoms. The molecule has 1 N–H and O–H groups in total. The Bertz CT molecular complexity index is 998. The Morgan fingerprint density at radius 2 is 1.96 bits per heavy atom.